The summed E-state index contributed by atoms with van der Waals surface area (Å²) in [5.74, 6) is 0.714. The lowest BCUT2D eigenvalue weighted by Gasteiger charge is -2.36. The molecular formula is C17H20N6O. The van der Waals surface area contributed by atoms with E-state index in [-0.39, 0.29) is 5.91 Å². The van der Waals surface area contributed by atoms with Gasteiger partial charge in [0.05, 0.1) is 5.56 Å². The van der Waals surface area contributed by atoms with E-state index in [0.29, 0.717) is 37.4 Å². The average Bonchev–Trinajstić information content (AvgIpc) is 3.00. The summed E-state index contributed by atoms with van der Waals surface area (Å²) in [4.78, 5) is 21.0. The van der Waals surface area contributed by atoms with Gasteiger partial charge >= 0.3 is 0 Å². The number of anilines is 1. The van der Waals surface area contributed by atoms with Gasteiger partial charge in [0.15, 0.2) is 0 Å². The van der Waals surface area contributed by atoms with Crippen molar-refractivity contribution in [3.8, 4) is 6.07 Å². The number of aryl methyl sites for hydroxylation is 3. The van der Waals surface area contributed by atoms with E-state index in [2.05, 4.69) is 21.1 Å². The van der Waals surface area contributed by atoms with Crippen LogP contribution in [0.3, 0.4) is 0 Å². The van der Waals surface area contributed by atoms with Gasteiger partial charge in [-0.1, -0.05) is 0 Å². The number of carbonyl (C=O) groups excluding carboxylic acids is 1. The lowest BCUT2D eigenvalue weighted by Crippen LogP contribution is -2.49. The highest BCUT2D eigenvalue weighted by molar-refractivity contribution is 5.92. The number of carbonyl (C=O) groups is 1. The molecule has 7 heteroatoms. The first-order valence-corrected chi connectivity index (χ1v) is 7.92. The second-order valence-corrected chi connectivity index (χ2v) is 6.01. The summed E-state index contributed by atoms with van der Waals surface area (Å²) in [5.41, 5.74) is 3.04. The molecule has 1 aliphatic rings. The van der Waals surface area contributed by atoms with E-state index in [0.717, 1.165) is 17.1 Å². The molecule has 1 saturated heterocycles. The standard InChI is InChI=1S/C17H20N6O/c1-12-10-13(2)20-16(14(12)11-18)22-6-8-23(9-7-22)17(24)15-4-5-19-21(15)3/h4-5,10H,6-9H2,1-3H3. The minimum atomic E-state index is -0.0106. The topological polar surface area (TPSA) is 78.0 Å². The summed E-state index contributed by atoms with van der Waals surface area (Å²) in [6, 6.07) is 5.91. The number of hydrogen-bond acceptors (Lipinski definition) is 5. The third-order valence-corrected chi connectivity index (χ3v) is 4.34. The monoisotopic (exact) mass is 324 g/mol. The second-order valence-electron chi connectivity index (χ2n) is 6.01. The van der Waals surface area contributed by atoms with Gasteiger partial charge in [0.25, 0.3) is 5.91 Å². The van der Waals surface area contributed by atoms with E-state index in [1.165, 1.54) is 0 Å². The minimum absolute atomic E-state index is 0.0106. The molecule has 0 spiro atoms. The Hall–Kier alpha value is -2.88. The Morgan fingerprint density at radius 2 is 1.96 bits per heavy atom. The summed E-state index contributed by atoms with van der Waals surface area (Å²) >= 11 is 0. The number of piperazine rings is 1. The van der Waals surface area contributed by atoms with Gasteiger partial charge in [0.2, 0.25) is 0 Å². The van der Waals surface area contributed by atoms with E-state index in [9.17, 15) is 10.1 Å². The van der Waals surface area contributed by atoms with Crippen LogP contribution in [0.4, 0.5) is 5.82 Å². The SMILES string of the molecule is Cc1cc(C)c(C#N)c(N2CCN(C(=O)c3ccnn3C)CC2)n1. The number of hydrogen-bond donors (Lipinski definition) is 0. The molecule has 0 N–H and O–H groups in total. The van der Waals surface area contributed by atoms with Crippen LogP contribution >= 0.6 is 0 Å². The fourth-order valence-electron chi connectivity index (χ4n) is 3.05. The van der Waals surface area contributed by atoms with Gasteiger partial charge in [-0.2, -0.15) is 10.4 Å². The van der Waals surface area contributed by atoms with Crippen LogP contribution in [-0.4, -0.2) is 51.8 Å². The van der Waals surface area contributed by atoms with Crippen LogP contribution in [0.5, 0.6) is 0 Å². The van der Waals surface area contributed by atoms with Crippen LogP contribution in [0.1, 0.15) is 27.3 Å². The third kappa shape index (κ3) is 2.83. The predicted molar refractivity (Wildman–Crippen MR) is 89.8 cm³/mol. The average molecular weight is 324 g/mol. The molecule has 0 radical (unpaired) electrons. The van der Waals surface area contributed by atoms with Crippen LogP contribution in [0.15, 0.2) is 18.3 Å². The van der Waals surface area contributed by atoms with Crippen molar-refractivity contribution < 1.29 is 4.79 Å². The summed E-state index contributed by atoms with van der Waals surface area (Å²) < 4.78 is 1.59. The van der Waals surface area contributed by atoms with Crippen molar-refractivity contribution >= 4 is 11.7 Å². The highest BCUT2D eigenvalue weighted by atomic mass is 16.2. The molecule has 0 saturated carbocycles. The minimum Gasteiger partial charge on any atom is -0.352 e. The maximum absolute atomic E-state index is 12.5. The second kappa shape index (κ2) is 6.32. The van der Waals surface area contributed by atoms with Crippen molar-refractivity contribution in [1.82, 2.24) is 19.7 Å². The van der Waals surface area contributed by atoms with Crippen molar-refractivity contribution in [2.75, 3.05) is 31.1 Å². The lowest BCUT2D eigenvalue weighted by molar-refractivity contribution is 0.0735. The Morgan fingerprint density at radius 3 is 2.54 bits per heavy atom. The maximum atomic E-state index is 12.5. The summed E-state index contributed by atoms with van der Waals surface area (Å²) in [6.45, 7) is 6.38. The van der Waals surface area contributed by atoms with E-state index in [4.69, 9.17) is 0 Å². The molecule has 3 heterocycles. The number of nitrogens with zero attached hydrogens (tertiary/aromatic N) is 6. The van der Waals surface area contributed by atoms with E-state index < -0.39 is 0 Å². The summed E-state index contributed by atoms with van der Waals surface area (Å²) in [5, 5.41) is 13.5. The first-order valence-electron chi connectivity index (χ1n) is 7.92. The fourth-order valence-corrected chi connectivity index (χ4v) is 3.05. The summed E-state index contributed by atoms with van der Waals surface area (Å²) in [6.07, 6.45) is 1.63. The van der Waals surface area contributed by atoms with Crippen LogP contribution < -0.4 is 4.90 Å². The Labute approximate surface area is 141 Å². The van der Waals surface area contributed by atoms with Gasteiger partial charge in [0, 0.05) is 45.1 Å². The highest BCUT2D eigenvalue weighted by Gasteiger charge is 2.26. The Balaban J connectivity index is 1.76. The molecule has 0 aliphatic carbocycles. The molecule has 1 fully saturated rings. The molecule has 7 nitrogen and oxygen atoms in total. The zero-order valence-electron chi connectivity index (χ0n) is 14.2. The molecule has 1 aliphatic heterocycles. The fraction of sp³-hybridized carbons (Fsp3) is 0.412. The Kier molecular flexibility index (Phi) is 4.21. The van der Waals surface area contributed by atoms with E-state index in [1.807, 2.05) is 24.8 Å². The molecule has 0 unspecified atom stereocenters. The quantitative estimate of drug-likeness (QED) is 0.831. The predicted octanol–water partition coefficient (Wildman–Crippen LogP) is 1.27. The maximum Gasteiger partial charge on any atom is 0.272 e. The molecule has 0 atom stereocenters. The van der Waals surface area contributed by atoms with Gasteiger partial charge in [-0.25, -0.2) is 4.98 Å². The normalized spacial score (nSPS) is 14.6. The van der Waals surface area contributed by atoms with Crippen LogP contribution in [-0.2, 0) is 7.05 Å². The molecule has 3 rings (SSSR count). The molecule has 0 bridgehead atoms. The van der Waals surface area contributed by atoms with Gasteiger partial charge in [-0.15, -0.1) is 0 Å². The van der Waals surface area contributed by atoms with Crippen molar-refractivity contribution in [1.29, 1.82) is 5.26 Å². The van der Waals surface area contributed by atoms with Crippen LogP contribution in [0, 0.1) is 25.2 Å². The Bertz CT molecular complexity index is 811. The molecular weight excluding hydrogens is 304 g/mol. The lowest BCUT2D eigenvalue weighted by atomic mass is 10.1. The molecule has 0 aromatic carbocycles. The largest absolute Gasteiger partial charge is 0.352 e. The molecule has 124 valence electrons. The van der Waals surface area contributed by atoms with Crippen molar-refractivity contribution in [2.45, 2.75) is 13.8 Å². The first kappa shape index (κ1) is 16.0. The van der Waals surface area contributed by atoms with Crippen molar-refractivity contribution in [3.63, 3.8) is 0 Å². The van der Waals surface area contributed by atoms with Crippen molar-refractivity contribution in [3.05, 3.63) is 40.8 Å². The highest BCUT2D eigenvalue weighted by Crippen LogP contribution is 2.23. The third-order valence-electron chi connectivity index (χ3n) is 4.34. The zero-order chi connectivity index (χ0) is 17.3. The first-order chi connectivity index (χ1) is 11.5. The number of aromatic nitrogens is 3. The number of pyridine rings is 1. The zero-order valence-corrected chi connectivity index (χ0v) is 14.2. The van der Waals surface area contributed by atoms with Gasteiger partial charge in [-0.05, 0) is 31.5 Å². The Morgan fingerprint density at radius 1 is 1.25 bits per heavy atom. The molecule has 24 heavy (non-hydrogen) atoms. The van der Waals surface area contributed by atoms with Gasteiger partial charge in [-0.3, -0.25) is 9.48 Å². The van der Waals surface area contributed by atoms with Gasteiger partial charge < -0.3 is 9.80 Å². The number of amides is 1. The molecule has 1 amide bonds. The number of nitriles is 1. The summed E-state index contributed by atoms with van der Waals surface area (Å²) in [7, 11) is 1.77. The van der Waals surface area contributed by atoms with Crippen LogP contribution in [0.25, 0.3) is 0 Å². The van der Waals surface area contributed by atoms with E-state index >= 15 is 0 Å². The molecule has 2 aromatic rings. The van der Waals surface area contributed by atoms with Crippen LogP contribution in [0.2, 0.25) is 0 Å². The smallest absolute Gasteiger partial charge is 0.272 e. The number of rotatable bonds is 2. The van der Waals surface area contributed by atoms with Crippen molar-refractivity contribution in [2.24, 2.45) is 7.05 Å². The molecule has 2 aromatic heterocycles. The van der Waals surface area contributed by atoms with Gasteiger partial charge in [0.1, 0.15) is 17.6 Å². The van der Waals surface area contributed by atoms with E-state index in [1.54, 1.807) is 24.0 Å².